The van der Waals surface area contributed by atoms with E-state index < -0.39 is 41.6 Å². The number of fused-ring (bicyclic) bond motifs is 3. The molecule has 0 radical (unpaired) electrons. The Kier molecular flexibility index (Phi) is 6.04. The Morgan fingerprint density at radius 3 is 2.14 bits per heavy atom. The molecule has 2 aromatic rings. The second-order valence-electron chi connectivity index (χ2n) is 13.4. The number of anilines is 1. The average molecular weight is 584 g/mol. The van der Waals surface area contributed by atoms with Gasteiger partial charge < -0.3 is 14.9 Å². The molecule has 4 saturated carbocycles. The van der Waals surface area contributed by atoms with Crippen LogP contribution < -0.4 is 4.90 Å². The van der Waals surface area contributed by atoms with Crippen molar-refractivity contribution < 1.29 is 32.8 Å². The zero-order valence-corrected chi connectivity index (χ0v) is 23.0. The summed E-state index contributed by atoms with van der Waals surface area (Å²) in [5, 5.41) is 21.2. The topological polar surface area (TPSA) is 104 Å². The number of hydrogen-bond donors (Lipinski definition) is 1. The molecule has 2 amide bonds. The van der Waals surface area contributed by atoms with Crippen LogP contribution in [0.25, 0.3) is 0 Å². The van der Waals surface area contributed by atoms with Gasteiger partial charge in [0.25, 0.3) is 5.69 Å². The molecular weight excluding hydrogens is 551 g/mol. The third kappa shape index (κ3) is 4.14. The summed E-state index contributed by atoms with van der Waals surface area (Å²) in [6.45, 7) is -1.55. The predicted molar refractivity (Wildman–Crippen MR) is 145 cm³/mol. The molecule has 4 bridgehead atoms. The Bertz CT molecular complexity index is 1440. The SMILES string of the molecule is O=C1C[C@]2(c3ccc([N+](=O)[O-])cc3)C(=O)N(CC(F)(F)F)c3cc(CO)ccc3[C@H]2N1CC12CC3CC(CC(C3)C1)C2. The molecule has 2 aliphatic heterocycles. The minimum Gasteiger partial charge on any atom is -0.392 e. The summed E-state index contributed by atoms with van der Waals surface area (Å²) < 4.78 is 41.8. The molecule has 2 heterocycles. The number of aliphatic hydroxyl groups is 1. The van der Waals surface area contributed by atoms with Crippen molar-refractivity contribution in [2.45, 2.75) is 69.2 Å². The number of nitro benzene ring substituents is 1. The maximum Gasteiger partial charge on any atom is 0.406 e. The van der Waals surface area contributed by atoms with Crippen molar-refractivity contribution in [1.82, 2.24) is 4.90 Å². The van der Waals surface area contributed by atoms with Gasteiger partial charge in [0.2, 0.25) is 11.8 Å². The lowest BCUT2D eigenvalue weighted by Gasteiger charge is -2.58. The maximum absolute atomic E-state index is 14.5. The number of non-ortho nitro benzene ring substituents is 1. The fourth-order valence-electron chi connectivity index (χ4n) is 9.60. The molecule has 0 unspecified atom stereocenters. The van der Waals surface area contributed by atoms with Crippen molar-refractivity contribution in [3.05, 3.63) is 69.3 Å². The van der Waals surface area contributed by atoms with Gasteiger partial charge in [0.05, 0.1) is 17.6 Å². The van der Waals surface area contributed by atoms with E-state index in [1.54, 1.807) is 17.0 Å². The average Bonchev–Trinajstić information content (AvgIpc) is 3.21. The van der Waals surface area contributed by atoms with Crippen LogP contribution in [-0.2, 0) is 21.6 Å². The largest absolute Gasteiger partial charge is 0.406 e. The van der Waals surface area contributed by atoms with E-state index in [9.17, 15) is 38.0 Å². The number of likely N-dealkylation sites (tertiary alicyclic amines) is 1. The van der Waals surface area contributed by atoms with Gasteiger partial charge in [-0.15, -0.1) is 0 Å². The molecule has 0 spiro atoms. The quantitative estimate of drug-likeness (QED) is 0.361. The van der Waals surface area contributed by atoms with Crippen LogP contribution in [0.5, 0.6) is 0 Å². The third-order valence-electron chi connectivity index (χ3n) is 10.6. The molecule has 0 aromatic heterocycles. The highest BCUT2D eigenvalue weighted by molar-refractivity contribution is 6.09. The van der Waals surface area contributed by atoms with Crippen molar-refractivity contribution in [3.63, 3.8) is 0 Å². The maximum atomic E-state index is 14.5. The number of benzene rings is 2. The number of alkyl halides is 3. The van der Waals surface area contributed by atoms with Crippen LogP contribution in [0.2, 0.25) is 0 Å². The molecule has 4 aliphatic carbocycles. The van der Waals surface area contributed by atoms with Crippen LogP contribution in [0.1, 0.15) is 67.7 Å². The highest BCUT2D eigenvalue weighted by atomic mass is 19.4. The van der Waals surface area contributed by atoms with Crippen LogP contribution in [0.15, 0.2) is 42.5 Å². The number of hydrogen-bond acceptors (Lipinski definition) is 5. The first-order valence-electron chi connectivity index (χ1n) is 14.6. The summed E-state index contributed by atoms with van der Waals surface area (Å²) in [5.41, 5.74) is -0.894. The van der Waals surface area contributed by atoms with E-state index in [1.807, 2.05) is 0 Å². The molecule has 222 valence electrons. The summed E-state index contributed by atoms with van der Waals surface area (Å²) in [4.78, 5) is 41.8. The van der Waals surface area contributed by atoms with Crippen LogP contribution in [0, 0.1) is 33.3 Å². The van der Waals surface area contributed by atoms with E-state index in [0.717, 1.165) is 19.3 Å². The Morgan fingerprint density at radius 2 is 1.60 bits per heavy atom. The molecule has 8 rings (SSSR count). The summed E-state index contributed by atoms with van der Waals surface area (Å²) in [6, 6.07) is 9.06. The van der Waals surface area contributed by atoms with Crippen molar-refractivity contribution in [2.75, 3.05) is 18.0 Å². The van der Waals surface area contributed by atoms with E-state index >= 15 is 0 Å². The number of amides is 2. The highest BCUT2D eigenvalue weighted by Gasteiger charge is 2.65. The molecule has 5 fully saturated rings. The number of rotatable bonds is 6. The third-order valence-corrected chi connectivity index (χ3v) is 10.6. The van der Waals surface area contributed by atoms with Crippen molar-refractivity contribution in [3.8, 4) is 0 Å². The zero-order valence-electron chi connectivity index (χ0n) is 23.0. The van der Waals surface area contributed by atoms with Gasteiger partial charge in [-0.2, -0.15) is 13.2 Å². The number of nitrogens with zero attached hydrogens (tertiary/aromatic N) is 3. The normalized spacial score (nSPS) is 33.2. The lowest BCUT2D eigenvalue weighted by Crippen LogP contribution is -2.57. The second kappa shape index (κ2) is 9.26. The van der Waals surface area contributed by atoms with E-state index in [4.69, 9.17) is 0 Å². The van der Waals surface area contributed by atoms with Crippen molar-refractivity contribution in [1.29, 1.82) is 0 Å². The van der Waals surface area contributed by atoms with Crippen LogP contribution in [0.4, 0.5) is 24.5 Å². The summed E-state index contributed by atoms with van der Waals surface area (Å²) in [5.74, 6) is 0.685. The van der Waals surface area contributed by atoms with Crippen molar-refractivity contribution >= 4 is 23.2 Å². The standard InChI is InChI=1S/C31H32F3N3O5/c32-31(33,34)17-35-25-10-18(15-38)1-6-24(25)27-30(28(35)40,22-2-4-23(5-3-22)37(41)42)14-26(39)36(27)16-29-11-19-7-20(12-29)9-21(8-19)13-29/h1-6,10,19-21,27,38H,7-9,11-17H2/t19?,20?,21?,27-,29?,30-/m1/s1. The Hall–Kier alpha value is -3.47. The smallest absolute Gasteiger partial charge is 0.392 e. The van der Waals surface area contributed by atoms with Gasteiger partial charge in [-0.25, -0.2) is 0 Å². The minimum absolute atomic E-state index is 0.0385. The van der Waals surface area contributed by atoms with Gasteiger partial charge in [0.15, 0.2) is 0 Å². The number of aliphatic hydroxyl groups excluding tert-OH is 1. The molecule has 8 nitrogen and oxygen atoms in total. The molecule has 1 saturated heterocycles. The van der Waals surface area contributed by atoms with Gasteiger partial charge in [0, 0.05) is 30.8 Å². The lowest BCUT2D eigenvalue weighted by atomic mass is 9.49. The van der Waals surface area contributed by atoms with Crippen LogP contribution >= 0.6 is 0 Å². The predicted octanol–water partition coefficient (Wildman–Crippen LogP) is 5.42. The lowest BCUT2D eigenvalue weighted by molar-refractivity contribution is -0.384. The van der Waals surface area contributed by atoms with Crippen LogP contribution in [-0.4, -0.2) is 46.0 Å². The first kappa shape index (κ1) is 27.4. The van der Waals surface area contributed by atoms with E-state index in [-0.39, 0.29) is 34.7 Å². The van der Waals surface area contributed by atoms with Gasteiger partial charge in [-0.1, -0.05) is 24.3 Å². The highest BCUT2D eigenvalue weighted by Crippen LogP contribution is 2.63. The van der Waals surface area contributed by atoms with Gasteiger partial charge >= 0.3 is 6.18 Å². The van der Waals surface area contributed by atoms with E-state index in [2.05, 4.69) is 0 Å². The number of nitro groups is 1. The Balaban J connectivity index is 1.40. The molecule has 6 aliphatic rings. The Labute approximate surface area is 240 Å². The molecule has 42 heavy (non-hydrogen) atoms. The molecule has 11 heteroatoms. The number of carbonyl (C=O) groups is 2. The van der Waals surface area contributed by atoms with Crippen LogP contribution in [0.3, 0.4) is 0 Å². The van der Waals surface area contributed by atoms with Crippen molar-refractivity contribution in [2.24, 2.45) is 23.2 Å². The summed E-state index contributed by atoms with van der Waals surface area (Å²) in [7, 11) is 0. The van der Waals surface area contributed by atoms with Gasteiger partial charge in [-0.05, 0) is 84.5 Å². The Morgan fingerprint density at radius 1 is 0.976 bits per heavy atom. The fourth-order valence-corrected chi connectivity index (χ4v) is 9.60. The number of carbonyl (C=O) groups excluding carboxylic acids is 2. The summed E-state index contributed by atoms with van der Waals surface area (Å²) in [6.07, 6.45) is 1.59. The van der Waals surface area contributed by atoms with Gasteiger partial charge in [0.1, 0.15) is 12.0 Å². The first-order chi connectivity index (χ1) is 19.9. The van der Waals surface area contributed by atoms with Gasteiger partial charge in [-0.3, -0.25) is 19.7 Å². The molecule has 1 N–H and O–H groups in total. The van der Waals surface area contributed by atoms with E-state index in [0.29, 0.717) is 40.3 Å². The fraction of sp³-hybridized carbons (Fsp3) is 0.548. The molecule has 2 atom stereocenters. The second-order valence-corrected chi connectivity index (χ2v) is 13.4. The molecule has 2 aromatic carbocycles. The summed E-state index contributed by atoms with van der Waals surface area (Å²) >= 11 is 0. The monoisotopic (exact) mass is 583 g/mol. The first-order valence-corrected chi connectivity index (χ1v) is 14.6. The zero-order chi connectivity index (χ0) is 29.6. The number of halogens is 3. The molecular formula is C31H32F3N3O5. The minimum atomic E-state index is -4.73. The van der Waals surface area contributed by atoms with E-state index in [1.165, 1.54) is 49.6 Å².